The molecule has 10 heteroatoms. The van der Waals surface area contributed by atoms with Gasteiger partial charge >= 0.3 is 6.09 Å². The number of nitrogens with zero attached hydrogens (tertiary/aromatic N) is 2. The van der Waals surface area contributed by atoms with Crippen LogP contribution in [0.1, 0.15) is 0 Å². The fraction of sp³-hybridized carbons (Fsp3) is 0.300. The molecule has 3 rings (SSSR count). The number of hydrogen-bond acceptors (Lipinski definition) is 7. The summed E-state index contributed by atoms with van der Waals surface area (Å²) in [6, 6.07) is 5.30. The molecule has 0 aliphatic heterocycles. The molecule has 1 amide bonds. The van der Waals surface area contributed by atoms with Crippen molar-refractivity contribution in [1.82, 2.24) is 14.7 Å². The summed E-state index contributed by atoms with van der Waals surface area (Å²) in [5, 5.41) is 6.30. The number of carbonyl (C=O) groups is 1. The first-order chi connectivity index (χ1) is 14.5. The van der Waals surface area contributed by atoms with E-state index in [0.717, 1.165) is 11.3 Å². The summed E-state index contributed by atoms with van der Waals surface area (Å²) in [6.45, 7) is 0.880. The summed E-state index contributed by atoms with van der Waals surface area (Å²) in [4.78, 5) is 15.8. The minimum absolute atomic E-state index is 0.393. The number of anilines is 1. The van der Waals surface area contributed by atoms with E-state index in [1.54, 1.807) is 33.5 Å². The number of benzene rings is 1. The van der Waals surface area contributed by atoms with E-state index < -0.39 is 6.09 Å². The van der Waals surface area contributed by atoms with Crippen molar-refractivity contribution in [2.24, 2.45) is 0 Å². The van der Waals surface area contributed by atoms with E-state index in [2.05, 4.69) is 20.4 Å². The summed E-state index contributed by atoms with van der Waals surface area (Å²) in [6.07, 6.45) is 3.25. The minimum Gasteiger partial charge on any atom is -0.496 e. The lowest BCUT2D eigenvalue weighted by Crippen LogP contribution is -2.28. The minimum atomic E-state index is -0.481. The first-order valence-electron chi connectivity index (χ1n) is 9.05. The Labute approximate surface area is 178 Å². The topological polar surface area (TPSA) is 95.4 Å². The van der Waals surface area contributed by atoms with Crippen LogP contribution in [0.3, 0.4) is 0 Å². The lowest BCUT2D eigenvalue weighted by Gasteiger charge is -2.12. The van der Waals surface area contributed by atoms with Crippen molar-refractivity contribution in [3.05, 3.63) is 35.6 Å². The van der Waals surface area contributed by atoms with Crippen molar-refractivity contribution in [2.45, 2.75) is 0 Å². The van der Waals surface area contributed by atoms with Crippen LogP contribution in [0, 0.1) is 0 Å². The maximum atomic E-state index is 11.1. The summed E-state index contributed by atoms with van der Waals surface area (Å²) in [7, 11) is 6.03. The number of aromatic nitrogens is 2. The van der Waals surface area contributed by atoms with Gasteiger partial charge in [0.25, 0.3) is 0 Å². The lowest BCUT2D eigenvalue weighted by molar-refractivity contribution is 0.171. The van der Waals surface area contributed by atoms with Crippen molar-refractivity contribution in [2.75, 3.05) is 46.8 Å². The van der Waals surface area contributed by atoms with Crippen molar-refractivity contribution in [3.8, 4) is 28.5 Å². The number of imidazole rings is 1. The summed E-state index contributed by atoms with van der Waals surface area (Å²) in [5.74, 6) is 1.74. The first-order valence-corrected chi connectivity index (χ1v) is 9.42. The highest BCUT2D eigenvalue weighted by Crippen LogP contribution is 2.38. The number of hydrogen-bond donors (Lipinski definition) is 2. The number of carbonyl (C=O) groups excluding carboxylic acids is 1. The number of alkyl carbamates (subject to hydrolysis) is 1. The van der Waals surface area contributed by atoms with Gasteiger partial charge in [-0.05, 0) is 6.07 Å². The van der Waals surface area contributed by atoms with Crippen molar-refractivity contribution < 1.29 is 23.7 Å². The molecule has 0 radical (unpaired) electrons. The number of pyridine rings is 1. The van der Waals surface area contributed by atoms with E-state index >= 15 is 0 Å². The predicted molar refractivity (Wildman–Crippen MR) is 114 cm³/mol. The van der Waals surface area contributed by atoms with Crippen molar-refractivity contribution in [3.63, 3.8) is 0 Å². The number of nitrogens with one attached hydrogen (secondary N) is 2. The third kappa shape index (κ3) is 4.46. The largest absolute Gasteiger partial charge is 0.496 e. The number of fused-ring (bicyclic) bond motifs is 1. The van der Waals surface area contributed by atoms with E-state index in [0.29, 0.717) is 46.7 Å². The van der Waals surface area contributed by atoms with E-state index in [1.165, 1.54) is 7.11 Å². The Morgan fingerprint density at radius 3 is 2.40 bits per heavy atom. The van der Waals surface area contributed by atoms with Crippen LogP contribution in [0.15, 0.2) is 30.6 Å². The second kappa shape index (κ2) is 9.45. The summed E-state index contributed by atoms with van der Waals surface area (Å²) >= 11 is 6.30. The Kier molecular flexibility index (Phi) is 6.73. The molecular weight excluding hydrogens is 412 g/mol. The second-order valence-electron chi connectivity index (χ2n) is 6.18. The fourth-order valence-corrected chi connectivity index (χ4v) is 3.18. The smallest absolute Gasteiger partial charge is 0.406 e. The van der Waals surface area contributed by atoms with Gasteiger partial charge in [-0.15, -0.1) is 0 Å². The molecule has 0 fully saturated rings. The van der Waals surface area contributed by atoms with Gasteiger partial charge < -0.3 is 34.0 Å². The van der Waals surface area contributed by atoms with Gasteiger partial charge in [0, 0.05) is 43.2 Å². The Bertz CT molecular complexity index is 1050. The van der Waals surface area contributed by atoms with Gasteiger partial charge in [0.2, 0.25) is 0 Å². The third-order valence-corrected chi connectivity index (χ3v) is 4.72. The highest BCUT2D eigenvalue weighted by molar-refractivity contribution is 6.32. The van der Waals surface area contributed by atoms with Crippen molar-refractivity contribution in [1.29, 1.82) is 0 Å². The quantitative estimate of drug-likeness (QED) is 0.524. The molecule has 0 saturated heterocycles. The molecule has 0 unspecified atom stereocenters. The van der Waals surface area contributed by atoms with Crippen LogP contribution in [0.2, 0.25) is 5.02 Å². The highest BCUT2D eigenvalue weighted by atomic mass is 35.5. The number of halogens is 1. The molecule has 0 aliphatic carbocycles. The normalized spacial score (nSPS) is 10.6. The molecule has 2 heterocycles. The molecule has 2 aromatic heterocycles. The first kappa shape index (κ1) is 21.4. The monoisotopic (exact) mass is 434 g/mol. The zero-order valence-corrected chi connectivity index (χ0v) is 17.9. The van der Waals surface area contributed by atoms with E-state index in [4.69, 9.17) is 25.8 Å². The molecule has 1 aromatic carbocycles. The molecule has 0 saturated carbocycles. The number of amides is 1. The van der Waals surface area contributed by atoms with Crippen LogP contribution in [-0.2, 0) is 4.74 Å². The summed E-state index contributed by atoms with van der Waals surface area (Å²) < 4.78 is 22.6. The molecule has 0 spiro atoms. The van der Waals surface area contributed by atoms with Crippen LogP contribution in [0.5, 0.6) is 17.2 Å². The highest BCUT2D eigenvalue weighted by Gasteiger charge is 2.16. The SMILES string of the molecule is COC(=O)NCCNc1cn2cc(-c3cc(Cl)c(OC)cc3OC)nc2cc1OC. The molecule has 9 nitrogen and oxygen atoms in total. The van der Waals surface area contributed by atoms with Gasteiger partial charge in [-0.2, -0.15) is 0 Å². The zero-order valence-electron chi connectivity index (χ0n) is 17.1. The van der Waals surface area contributed by atoms with Gasteiger partial charge in [0.15, 0.2) is 0 Å². The Hall–Kier alpha value is -3.33. The number of ether oxygens (including phenoxy) is 4. The molecule has 0 atom stereocenters. The van der Waals surface area contributed by atoms with Crippen LogP contribution in [-0.4, -0.2) is 57.0 Å². The van der Waals surface area contributed by atoms with Gasteiger partial charge in [-0.1, -0.05) is 11.6 Å². The van der Waals surface area contributed by atoms with Crippen LogP contribution >= 0.6 is 11.6 Å². The van der Waals surface area contributed by atoms with Crippen LogP contribution in [0.25, 0.3) is 16.9 Å². The molecule has 0 aliphatic rings. The molecule has 0 bridgehead atoms. The Morgan fingerprint density at radius 1 is 1.00 bits per heavy atom. The number of methoxy groups -OCH3 is 4. The van der Waals surface area contributed by atoms with Gasteiger partial charge in [-0.25, -0.2) is 9.78 Å². The van der Waals surface area contributed by atoms with Crippen LogP contribution < -0.4 is 24.8 Å². The Morgan fingerprint density at radius 2 is 1.73 bits per heavy atom. The fourth-order valence-electron chi connectivity index (χ4n) is 2.94. The molecular formula is C20H23ClN4O5. The van der Waals surface area contributed by atoms with E-state index in [-0.39, 0.29) is 0 Å². The predicted octanol–water partition coefficient (Wildman–Crippen LogP) is 3.45. The molecule has 2 N–H and O–H groups in total. The zero-order chi connectivity index (χ0) is 21.7. The lowest BCUT2D eigenvalue weighted by atomic mass is 10.1. The average molecular weight is 435 g/mol. The molecule has 30 heavy (non-hydrogen) atoms. The molecule has 3 aromatic rings. The second-order valence-corrected chi connectivity index (χ2v) is 6.59. The van der Waals surface area contributed by atoms with Gasteiger partial charge in [-0.3, -0.25) is 0 Å². The summed E-state index contributed by atoms with van der Waals surface area (Å²) in [5.41, 5.74) is 2.86. The maximum Gasteiger partial charge on any atom is 0.406 e. The standard InChI is InChI=1S/C20H23ClN4O5/c1-27-16-8-17(28-2)13(21)7-12(16)14-10-25-11-15(18(29-3)9-19(25)24-14)22-5-6-23-20(26)30-4/h7-11,22H,5-6H2,1-4H3,(H,23,26). The van der Waals surface area contributed by atoms with Gasteiger partial charge in [0.1, 0.15) is 22.9 Å². The van der Waals surface area contributed by atoms with E-state index in [9.17, 15) is 4.79 Å². The Balaban J connectivity index is 1.91. The molecule has 160 valence electrons. The van der Waals surface area contributed by atoms with Crippen molar-refractivity contribution >= 4 is 29.0 Å². The maximum absolute atomic E-state index is 11.1. The average Bonchev–Trinajstić information content (AvgIpc) is 3.18. The number of rotatable bonds is 8. The van der Waals surface area contributed by atoms with Crippen LogP contribution in [0.4, 0.5) is 10.5 Å². The van der Waals surface area contributed by atoms with Gasteiger partial charge in [0.05, 0.1) is 44.8 Å². The van der Waals surface area contributed by atoms with E-state index in [1.807, 2.05) is 22.9 Å². The third-order valence-electron chi connectivity index (χ3n) is 4.42.